The van der Waals surface area contributed by atoms with Crippen molar-refractivity contribution < 1.29 is 66.7 Å². The summed E-state index contributed by atoms with van der Waals surface area (Å²) in [7, 11) is 0. The van der Waals surface area contributed by atoms with Crippen LogP contribution in [0.2, 0.25) is 0 Å². The number of hydrogen-bond acceptors (Lipinski definition) is 16. The lowest BCUT2D eigenvalue weighted by molar-refractivity contribution is -0.153. The Kier molecular flexibility index (Phi) is 23.8. The molecule has 0 unspecified atom stereocenters. The number of nitrogens with zero attached hydrogens (tertiary/aromatic N) is 2. The van der Waals surface area contributed by atoms with Crippen LogP contribution in [0.3, 0.4) is 0 Å². The van der Waals surface area contributed by atoms with Crippen LogP contribution < -0.4 is 18.9 Å². The molecule has 2 aliphatic carbocycles. The Morgan fingerprint density at radius 3 is 1.20 bits per heavy atom. The lowest BCUT2D eigenvalue weighted by Gasteiger charge is -2.27. The molecule has 16 nitrogen and oxygen atoms in total. The number of fused-ring (bicyclic) bond motifs is 1. The number of hydrogen-bond donors (Lipinski definition) is 0. The van der Waals surface area contributed by atoms with Crippen molar-refractivity contribution in [3.05, 3.63) is 108 Å². The third-order valence-electron chi connectivity index (χ3n) is 13.7. The van der Waals surface area contributed by atoms with E-state index in [0.29, 0.717) is 113 Å². The van der Waals surface area contributed by atoms with Crippen LogP contribution in [0.1, 0.15) is 138 Å². The van der Waals surface area contributed by atoms with E-state index >= 15 is 0 Å². The second-order valence-corrected chi connectivity index (χ2v) is 19.5. The molecule has 1 heterocycles. The summed E-state index contributed by atoms with van der Waals surface area (Å²) in [6, 6.07) is 18.6. The van der Waals surface area contributed by atoms with E-state index < -0.39 is 35.7 Å². The fraction of sp³-hybridized carbons (Fsp3) is 0.500. The molecule has 0 N–H and O–H groups in total. The molecule has 0 aliphatic heterocycles. The SMILES string of the molecule is C=CC(=O)OCCCCCCOc1ccc(CCC(=O)OC2CCC(C(=O)Oc3ccc(OC(=O)C4CCC(OC(=O)CCc5ccc(OCCCCCCOC(=O)C=C)cc5)CC4)c4nc(C)c(C)nc34)CC2)cc1. The van der Waals surface area contributed by atoms with E-state index in [9.17, 15) is 28.8 Å². The summed E-state index contributed by atoms with van der Waals surface area (Å²) in [4.78, 5) is 84.3. The largest absolute Gasteiger partial charge is 0.494 e. The third-order valence-corrected chi connectivity index (χ3v) is 13.7. The first-order chi connectivity index (χ1) is 36.9. The minimum absolute atomic E-state index is 0.218. The standard InChI is InChI=1S/C60H74N2O14/c1-5-53(63)71-39-13-9-7-11-37-69-47-25-15-43(16-26-47)19-35-55(65)73-49-29-21-45(22-30-49)59(67)75-51-33-34-52(58-57(51)61-41(3)42(4)62-58)76-60(68)46-23-31-50(32-24-46)74-56(66)36-20-44-17-27-48(28-18-44)70-38-12-8-10-14-40-72-54(64)6-2/h5-6,15-18,25-28,33-34,45-46,49-50H,1-2,7-14,19-24,29-32,35-40H2,3-4H3. The Labute approximate surface area is 446 Å². The minimum Gasteiger partial charge on any atom is -0.494 e. The number of carbonyl (C=O) groups excluding carboxylic acids is 6. The Balaban J connectivity index is 0.862. The van der Waals surface area contributed by atoms with Crippen molar-refractivity contribution >= 4 is 46.8 Å². The minimum atomic E-state index is -0.410. The molecule has 0 spiro atoms. The highest BCUT2D eigenvalue weighted by Crippen LogP contribution is 2.36. The molecule has 6 rings (SSSR count). The van der Waals surface area contributed by atoms with E-state index in [1.165, 1.54) is 0 Å². The molecule has 0 bridgehead atoms. The summed E-state index contributed by atoms with van der Waals surface area (Å²) in [5, 5.41) is 0. The summed E-state index contributed by atoms with van der Waals surface area (Å²) in [6.07, 6.45) is 14.7. The van der Waals surface area contributed by atoms with Gasteiger partial charge in [-0.1, -0.05) is 37.4 Å². The monoisotopic (exact) mass is 1050 g/mol. The second kappa shape index (κ2) is 31.1. The van der Waals surface area contributed by atoms with Gasteiger partial charge in [0.1, 0.15) is 34.7 Å². The molecule has 2 aliphatic rings. The fourth-order valence-electron chi connectivity index (χ4n) is 9.08. The summed E-state index contributed by atoms with van der Waals surface area (Å²) in [5.74, 6) is -1.00. The van der Waals surface area contributed by atoms with Crippen molar-refractivity contribution in [1.29, 1.82) is 0 Å². The smallest absolute Gasteiger partial charge is 0.330 e. The molecule has 0 saturated heterocycles. The van der Waals surface area contributed by atoms with E-state index in [1.807, 2.05) is 62.4 Å². The number of carbonyl (C=O) groups is 6. The molecule has 2 saturated carbocycles. The van der Waals surface area contributed by atoms with E-state index in [4.69, 9.17) is 47.9 Å². The van der Waals surface area contributed by atoms with Gasteiger partial charge in [0, 0.05) is 25.0 Å². The van der Waals surface area contributed by atoms with Gasteiger partial charge in [-0.05, 0) is 177 Å². The zero-order chi connectivity index (χ0) is 54.1. The van der Waals surface area contributed by atoms with E-state index in [0.717, 1.165) is 86.1 Å². The maximum Gasteiger partial charge on any atom is 0.330 e. The summed E-state index contributed by atoms with van der Waals surface area (Å²) >= 11 is 0. The van der Waals surface area contributed by atoms with Crippen LogP contribution in [0.15, 0.2) is 86.0 Å². The Morgan fingerprint density at radius 2 is 0.842 bits per heavy atom. The van der Waals surface area contributed by atoms with Crippen molar-refractivity contribution in [2.24, 2.45) is 11.8 Å². The van der Waals surface area contributed by atoms with E-state index in [2.05, 4.69) is 13.2 Å². The van der Waals surface area contributed by atoms with Crippen LogP contribution in [0.5, 0.6) is 23.0 Å². The van der Waals surface area contributed by atoms with Gasteiger partial charge >= 0.3 is 35.8 Å². The lowest BCUT2D eigenvalue weighted by atomic mass is 9.87. The highest BCUT2D eigenvalue weighted by atomic mass is 16.6. The first-order valence-electron chi connectivity index (χ1n) is 27.0. The van der Waals surface area contributed by atoms with Gasteiger partial charge in [0.15, 0.2) is 11.5 Å². The van der Waals surface area contributed by atoms with Crippen LogP contribution in [0.4, 0.5) is 0 Å². The van der Waals surface area contributed by atoms with Crippen LogP contribution >= 0.6 is 0 Å². The number of aryl methyl sites for hydroxylation is 4. The van der Waals surface area contributed by atoms with Gasteiger partial charge in [0.2, 0.25) is 0 Å². The van der Waals surface area contributed by atoms with Gasteiger partial charge in [-0.2, -0.15) is 0 Å². The maximum absolute atomic E-state index is 13.5. The molecule has 0 radical (unpaired) electrons. The quantitative estimate of drug-likeness (QED) is 0.0157. The maximum atomic E-state index is 13.5. The molecule has 0 amide bonds. The van der Waals surface area contributed by atoms with Crippen LogP contribution in [-0.2, 0) is 60.6 Å². The Morgan fingerprint density at radius 1 is 0.487 bits per heavy atom. The normalized spacial score (nSPS) is 17.1. The van der Waals surface area contributed by atoms with Crippen molar-refractivity contribution in [3.8, 4) is 23.0 Å². The van der Waals surface area contributed by atoms with Gasteiger partial charge in [-0.15, -0.1) is 0 Å². The number of benzene rings is 3. The van der Waals surface area contributed by atoms with Crippen molar-refractivity contribution in [1.82, 2.24) is 9.97 Å². The van der Waals surface area contributed by atoms with Crippen molar-refractivity contribution in [2.45, 2.75) is 154 Å². The molecule has 3 aromatic carbocycles. The predicted molar refractivity (Wildman–Crippen MR) is 284 cm³/mol. The van der Waals surface area contributed by atoms with Crippen molar-refractivity contribution in [3.63, 3.8) is 0 Å². The molecule has 0 atom stereocenters. The molecular weight excluding hydrogens is 973 g/mol. The average Bonchev–Trinajstić information content (AvgIpc) is 3.43. The Bertz CT molecular complexity index is 2390. The van der Waals surface area contributed by atoms with Gasteiger partial charge in [-0.25, -0.2) is 19.6 Å². The van der Waals surface area contributed by atoms with E-state index in [1.54, 1.807) is 12.1 Å². The van der Waals surface area contributed by atoms with Crippen LogP contribution in [-0.4, -0.2) is 84.4 Å². The average molecular weight is 1050 g/mol. The predicted octanol–water partition coefficient (Wildman–Crippen LogP) is 10.9. The first kappa shape index (κ1) is 58.2. The highest BCUT2D eigenvalue weighted by Gasteiger charge is 2.32. The zero-order valence-electron chi connectivity index (χ0n) is 44.2. The lowest BCUT2D eigenvalue weighted by Crippen LogP contribution is -2.30. The number of esters is 6. The first-order valence-corrected chi connectivity index (χ1v) is 27.0. The molecule has 1 aromatic heterocycles. The number of rotatable bonds is 30. The molecular formula is C60H74N2O14. The summed E-state index contributed by atoms with van der Waals surface area (Å²) in [6.45, 7) is 12.4. The molecule has 2 fully saturated rings. The zero-order valence-corrected chi connectivity index (χ0v) is 44.2. The molecule has 4 aromatic rings. The third kappa shape index (κ3) is 19.6. The number of aromatic nitrogens is 2. The number of unbranched alkanes of at least 4 members (excludes halogenated alkanes) is 6. The van der Waals surface area contributed by atoms with Gasteiger partial charge in [-0.3, -0.25) is 19.2 Å². The Hall–Kier alpha value is -7.10. The van der Waals surface area contributed by atoms with Crippen LogP contribution in [0, 0.1) is 25.7 Å². The second-order valence-electron chi connectivity index (χ2n) is 19.5. The molecule has 76 heavy (non-hydrogen) atoms. The van der Waals surface area contributed by atoms with E-state index in [-0.39, 0.29) is 48.5 Å². The molecule has 408 valence electrons. The van der Waals surface area contributed by atoms with Gasteiger partial charge in [0.25, 0.3) is 0 Å². The van der Waals surface area contributed by atoms with Gasteiger partial charge < -0.3 is 37.9 Å². The van der Waals surface area contributed by atoms with Gasteiger partial charge in [0.05, 0.1) is 49.7 Å². The topological polar surface area (TPSA) is 202 Å². The summed E-state index contributed by atoms with van der Waals surface area (Å²) < 4.78 is 45.2. The fourth-order valence-corrected chi connectivity index (χ4v) is 9.08. The highest BCUT2D eigenvalue weighted by molar-refractivity contribution is 5.91. The number of ether oxygens (including phenoxy) is 8. The van der Waals surface area contributed by atoms with Crippen molar-refractivity contribution in [2.75, 3.05) is 26.4 Å². The summed E-state index contributed by atoms with van der Waals surface area (Å²) in [5.41, 5.74) is 3.90. The van der Waals surface area contributed by atoms with Crippen LogP contribution in [0.25, 0.3) is 11.0 Å². The molecule has 16 heteroatoms.